The molecule has 17 heavy (non-hydrogen) atoms. The molecule has 2 nitrogen and oxygen atoms in total. The molecule has 0 atom stereocenters. The molecule has 0 spiro atoms. The third-order valence-corrected chi connectivity index (χ3v) is 3.81. The monoisotopic (exact) mass is 228 g/mol. The van der Waals surface area contributed by atoms with Gasteiger partial charge in [0.1, 0.15) is 0 Å². The van der Waals surface area contributed by atoms with Gasteiger partial charge in [0.2, 0.25) is 0 Å². The van der Waals surface area contributed by atoms with Gasteiger partial charge in [0.05, 0.1) is 0 Å². The number of aryl methyl sites for hydroxylation is 2. The minimum atomic E-state index is 0.208. The first-order chi connectivity index (χ1) is 7.96. The van der Waals surface area contributed by atoms with Gasteiger partial charge in [-0.25, -0.2) is 0 Å². The fourth-order valence-electron chi connectivity index (χ4n) is 2.95. The van der Waals surface area contributed by atoms with E-state index in [-0.39, 0.29) is 5.54 Å². The fourth-order valence-corrected chi connectivity index (χ4v) is 2.95. The van der Waals surface area contributed by atoms with E-state index in [0.717, 1.165) is 13.0 Å². The Morgan fingerprint density at radius 3 is 2.71 bits per heavy atom. The zero-order valence-electron chi connectivity index (χ0n) is 11.1. The van der Waals surface area contributed by atoms with Crippen LogP contribution in [-0.2, 0) is 13.0 Å². The summed E-state index contributed by atoms with van der Waals surface area (Å²) in [4.78, 5) is 3.59. The van der Waals surface area contributed by atoms with Crippen LogP contribution in [0.15, 0.2) is 12.1 Å². The average Bonchev–Trinajstić information content (AvgIpc) is 2.55. The standard InChI is InChI=1S/C15H20N2/c1-9-5-10(2)14-11(6-9)12-7-15(3,4)16-8-13(12)17-14/h5-6,16-17H,7-8H2,1-4H3. The van der Waals surface area contributed by atoms with Gasteiger partial charge in [-0.3, -0.25) is 0 Å². The lowest BCUT2D eigenvalue weighted by atomic mass is 9.89. The predicted octanol–water partition coefficient (Wildman–Crippen LogP) is 3.21. The van der Waals surface area contributed by atoms with Crippen LogP contribution >= 0.6 is 0 Å². The normalized spacial score (nSPS) is 18.4. The third kappa shape index (κ3) is 1.67. The fraction of sp³-hybridized carbons (Fsp3) is 0.467. The summed E-state index contributed by atoms with van der Waals surface area (Å²) in [6.45, 7) is 9.87. The molecule has 2 aromatic rings. The number of hydrogen-bond acceptors (Lipinski definition) is 1. The molecule has 0 saturated heterocycles. The van der Waals surface area contributed by atoms with E-state index in [1.807, 2.05) is 0 Å². The van der Waals surface area contributed by atoms with E-state index in [1.165, 1.54) is 33.3 Å². The molecule has 1 aliphatic heterocycles. The van der Waals surface area contributed by atoms with Crippen LogP contribution in [0.4, 0.5) is 0 Å². The minimum Gasteiger partial charge on any atom is -0.357 e. The summed E-state index contributed by atoms with van der Waals surface area (Å²) in [6.07, 6.45) is 1.10. The van der Waals surface area contributed by atoms with Crippen molar-refractivity contribution in [3.8, 4) is 0 Å². The number of H-pyrrole nitrogens is 1. The van der Waals surface area contributed by atoms with Crippen LogP contribution in [0.25, 0.3) is 10.9 Å². The molecule has 0 aliphatic carbocycles. The minimum absolute atomic E-state index is 0.208. The van der Waals surface area contributed by atoms with Gasteiger partial charge in [0.15, 0.2) is 0 Å². The molecule has 0 radical (unpaired) electrons. The Hall–Kier alpha value is -1.28. The smallest absolute Gasteiger partial charge is 0.0489 e. The van der Waals surface area contributed by atoms with E-state index in [2.05, 4.69) is 50.1 Å². The highest BCUT2D eigenvalue weighted by Crippen LogP contribution is 2.32. The molecule has 0 unspecified atom stereocenters. The molecule has 0 amide bonds. The number of hydrogen-bond donors (Lipinski definition) is 2. The lowest BCUT2D eigenvalue weighted by Crippen LogP contribution is -2.44. The number of aromatic nitrogens is 1. The highest BCUT2D eigenvalue weighted by Gasteiger charge is 2.27. The summed E-state index contributed by atoms with van der Waals surface area (Å²) < 4.78 is 0. The highest BCUT2D eigenvalue weighted by atomic mass is 15.0. The first-order valence-electron chi connectivity index (χ1n) is 6.32. The van der Waals surface area contributed by atoms with Gasteiger partial charge in [-0.1, -0.05) is 11.6 Å². The van der Waals surface area contributed by atoms with Crippen molar-refractivity contribution in [2.45, 2.75) is 46.2 Å². The largest absolute Gasteiger partial charge is 0.357 e. The van der Waals surface area contributed by atoms with E-state index in [4.69, 9.17) is 0 Å². The van der Waals surface area contributed by atoms with Crippen LogP contribution in [0.5, 0.6) is 0 Å². The van der Waals surface area contributed by atoms with Gasteiger partial charge in [0, 0.05) is 28.7 Å². The summed E-state index contributed by atoms with van der Waals surface area (Å²) >= 11 is 0. The molecular formula is C15H20N2. The van der Waals surface area contributed by atoms with E-state index in [9.17, 15) is 0 Å². The van der Waals surface area contributed by atoms with Crippen molar-refractivity contribution in [1.29, 1.82) is 0 Å². The molecule has 0 fully saturated rings. The Morgan fingerprint density at radius 1 is 1.18 bits per heavy atom. The van der Waals surface area contributed by atoms with Gasteiger partial charge in [-0.2, -0.15) is 0 Å². The highest BCUT2D eigenvalue weighted by molar-refractivity contribution is 5.88. The van der Waals surface area contributed by atoms with E-state index >= 15 is 0 Å². The molecule has 2 heteroatoms. The molecule has 2 N–H and O–H groups in total. The Kier molecular flexibility index (Phi) is 2.14. The first-order valence-corrected chi connectivity index (χ1v) is 6.32. The average molecular weight is 228 g/mol. The van der Waals surface area contributed by atoms with Crippen molar-refractivity contribution in [3.63, 3.8) is 0 Å². The molecule has 1 aromatic heterocycles. The second-order valence-electron chi connectivity index (χ2n) is 6.00. The van der Waals surface area contributed by atoms with Crippen LogP contribution < -0.4 is 5.32 Å². The summed E-state index contributed by atoms with van der Waals surface area (Å²) in [6, 6.07) is 4.57. The van der Waals surface area contributed by atoms with Crippen LogP contribution in [0.3, 0.4) is 0 Å². The molecule has 1 aliphatic rings. The maximum absolute atomic E-state index is 3.59. The van der Waals surface area contributed by atoms with Crippen LogP contribution in [0, 0.1) is 13.8 Å². The zero-order chi connectivity index (χ0) is 12.2. The van der Waals surface area contributed by atoms with Crippen molar-refractivity contribution < 1.29 is 0 Å². The molecule has 0 bridgehead atoms. The van der Waals surface area contributed by atoms with Gasteiger partial charge in [-0.05, 0) is 51.3 Å². The molecule has 2 heterocycles. The number of nitrogens with one attached hydrogen (secondary N) is 2. The zero-order valence-corrected chi connectivity index (χ0v) is 11.1. The topological polar surface area (TPSA) is 27.8 Å². The summed E-state index contributed by atoms with van der Waals surface area (Å²) in [5.41, 5.74) is 7.11. The van der Waals surface area contributed by atoms with Crippen LogP contribution in [0.2, 0.25) is 0 Å². The summed E-state index contributed by atoms with van der Waals surface area (Å²) in [5, 5.41) is 5.00. The predicted molar refractivity (Wildman–Crippen MR) is 72.4 cm³/mol. The van der Waals surface area contributed by atoms with E-state index in [1.54, 1.807) is 0 Å². The van der Waals surface area contributed by atoms with Gasteiger partial charge in [-0.15, -0.1) is 0 Å². The Bertz CT molecular complexity index is 590. The maximum atomic E-state index is 3.59. The van der Waals surface area contributed by atoms with Crippen molar-refractivity contribution in [3.05, 3.63) is 34.5 Å². The number of aromatic amines is 1. The summed E-state index contributed by atoms with van der Waals surface area (Å²) in [7, 11) is 0. The molecule has 90 valence electrons. The summed E-state index contributed by atoms with van der Waals surface area (Å²) in [5.74, 6) is 0. The number of fused-ring (bicyclic) bond motifs is 3. The SMILES string of the molecule is Cc1cc(C)c2[nH]c3c(c2c1)CC(C)(C)NC3. The number of rotatable bonds is 0. The Morgan fingerprint density at radius 2 is 1.94 bits per heavy atom. The second-order valence-corrected chi connectivity index (χ2v) is 6.00. The van der Waals surface area contributed by atoms with Crippen LogP contribution in [0.1, 0.15) is 36.2 Å². The molecule has 3 rings (SSSR count). The van der Waals surface area contributed by atoms with Gasteiger partial charge in [0.25, 0.3) is 0 Å². The Labute approximate surface area is 102 Å². The van der Waals surface area contributed by atoms with Gasteiger partial charge < -0.3 is 10.3 Å². The van der Waals surface area contributed by atoms with Crippen molar-refractivity contribution in [2.75, 3.05) is 0 Å². The number of benzene rings is 1. The molecule has 0 saturated carbocycles. The second kappa shape index (κ2) is 3.36. The third-order valence-electron chi connectivity index (χ3n) is 3.81. The molecule has 1 aromatic carbocycles. The lowest BCUT2D eigenvalue weighted by molar-refractivity contribution is 0.361. The van der Waals surface area contributed by atoms with E-state index < -0.39 is 0 Å². The van der Waals surface area contributed by atoms with Crippen molar-refractivity contribution >= 4 is 10.9 Å². The van der Waals surface area contributed by atoms with Crippen molar-refractivity contribution in [1.82, 2.24) is 10.3 Å². The quantitative estimate of drug-likeness (QED) is 0.712. The lowest BCUT2D eigenvalue weighted by Gasteiger charge is -2.31. The van der Waals surface area contributed by atoms with Crippen molar-refractivity contribution in [2.24, 2.45) is 0 Å². The maximum Gasteiger partial charge on any atom is 0.0489 e. The van der Waals surface area contributed by atoms with E-state index in [0.29, 0.717) is 0 Å². The molecular weight excluding hydrogens is 208 g/mol. The Balaban J connectivity index is 2.28. The van der Waals surface area contributed by atoms with Gasteiger partial charge >= 0.3 is 0 Å². The first kappa shape index (κ1) is 10.8. The van der Waals surface area contributed by atoms with Crippen LogP contribution in [-0.4, -0.2) is 10.5 Å².